The molecule has 1 fully saturated rings. The molecule has 0 amide bonds. The Balaban J connectivity index is 2.35. The smallest absolute Gasteiger partial charge is 0.247 e. The molecular formula is C13H22N4O3S. The number of nitrogens with zero attached hydrogens (tertiary/aromatic N) is 2. The Kier molecular flexibility index (Phi) is 5.15. The van der Waals surface area contributed by atoms with Crippen LogP contribution in [-0.2, 0) is 14.8 Å². The van der Waals surface area contributed by atoms with Crippen molar-refractivity contribution in [3.63, 3.8) is 0 Å². The molecule has 0 saturated heterocycles. The predicted molar refractivity (Wildman–Crippen MR) is 80.0 cm³/mol. The van der Waals surface area contributed by atoms with Gasteiger partial charge in [0.05, 0.1) is 12.3 Å². The molecule has 0 spiro atoms. The molecule has 1 aliphatic carbocycles. The molecule has 21 heavy (non-hydrogen) atoms. The standard InChI is InChI=1S/C13H22N4O3S/c1-10(11-3-4-11)17(7-8-20-2)21(18,19)13-9-15-6-5-12(13)16-14/h5-6,9-11H,3-4,7-8,14H2,1-2H3,(H,15,16). The highest BCUT2D eigenvalue weighted by atomic mass is 32.2. The van der Waals surface area contributed by atoms with Gasteiger partial charge in [0.25, 0.3) is 0 Å². The van der Waals surface area contributed by atoms with Gasteiger partial charge < -0.3 is 10.2 Å². The fraction of sp³-hybridized carbons (Fsp3) is 0.615. The lowest BCUT2D eigenvalue weighted by Crippen LogP contribution is -2.42. The molecule has 1 saturated carbocycles. The first-order valence-electron chi connectivity index (χ1n) is 6.93. The number of sulfonamides is 1. The van der Waals surface area contributed by atoms with E-state index in [-0.39, 0.29) is 10.9 Å². The van der Waals surface area contributed by atoms with Gasteiger partial charge in [-0.25, -0.2) is 8.42 Å². The maximum Gasteiger partial charge on any atom is 0.247 e. The summed E-state index contributed by atoms with van der Waals surface area (Å²) in [5, 5.41) is 0. The van der Waals surface area contributed by atoms with E-state index in [1.54, 1.807) is 13.2 Å². The van der Waals surface area contributed by atoms with Gasteiger partial charge >= 0.3 is 0 Å². The van der Waals surface area contributed by atoms with Crippen molar-refractivity contribution in [3.05, 3.63) is 18.5 Å². The van der Waals surface area contributed by atoms with Crippen molar-refractivity contribution in [2.45, 2.75) is 30.7 Å². The largest absolute Gasteiger partial charge is 0.383 e. The third-order valence-electron chi connectivity index (χ3n) is 3.80. The Morgan fingerprint density at radius 1 is 1.57 bits per heavy atom. The highest BCUT2D eigenvalue weighted by Crippen LogP contribution is 2.37. The van der Waals surface area contributed by atoms with Gasteiger partial charge in [-0.3, -0.25) is 10.8 Å². The molecule has 0 aromatic carbocycles. The summed E-state index contributed by atoms with van der Waals surface area (Å²) in [6.45, 7) is 2.61. The van der Waals surface area contributed by atoms with Crippen LogP contribution in [0, 0.1) is 5.92 Å². The molecule has 118 valence electrons. The molecule has 0 aliphatic heterocycles. The molecule has 1 aromatic heterocycles. The first kappa shape index (κ1) is 16.2. The first-order valence-corrected chi connectivity index (χ1v) is 8.37. The second-order valence-corrected chi connectivity index (χ2v) is 7.06. The average Bonchev–Trinajstić information content (AvgIpc) is 3.31. The maximum atomic E-state index is 12.9. The van der Waals surface area contributed by atoms with Crippen molar-refractivity contribution in [2.24, 2.45) is 11.8 Å². The number of hydrogen-bond donors (Lipinski definition) is 2. The molecule has 1 atom stereocenters. The Labute approximate surface area is 125 Å². The van der Waals surface area contributed by atoms with Crippen LogP contribution in [0.5, 0.6) is 0 Å². The fourth-order valence-corrected chi connectivity index (χ4v) is 4.15. The number of ether oxygens (including phenoxy) is 1. The van der Waals surface area contributed by atoms with Gasteiger partial charge in [0.15, 0.2) is 0 Å². The van der Waals surface area contributed by atoms with Crippen molar-refractivity contribution < 1.29 is 13.2 Å². The Morgan fingerprint density at radius 3 is 2.86 bits per heavy atom. The zero-order valence-electron chi connectivity index (χ0n) is 12.3. The number of aromatic nitrogens is 1. The topological polar surface area (TPSA) is 97.5 Å². The maximum absolute atomic E-state index is 12.9. The third kappa shape index (κ3) is 3.52. The molecular weight excluding hydrogens is 292 g/mol. The second-order valence-electron chi connectivity index (χ2n) is 5.20. The minimum absolute atomic E-state index is 0.0593. The van der Waals surface area contributed by atoms with E-state index < -0.39 is 10.0 Å². The number of methoxy groups -OCH3 is 1. The van der Waals surface area contributed by atoms with Crippen molar-refractivity contribution in [2.75, 3.05) is 25.7 Å². The molecule has 1 aromatic rings. The van der Waals surface area contributed by atoms with Gasteiger partial charge in [-0.05, 0) is 31.7 Å². The van der Waals surface area contributed by atoms with Crippen molar-refractivity contribution in [1.29, 1.82) is 0 Å². The van der Waals surface area contributed by atoms with E-state index in [0.717, 1.165) is 12.8 Å². The molecule has 0 radical (unpaired) electrons. The molecule has 1 aliphatic rings. The lowest BCUT2D eigenvalue weighted by atomic mass is 10.2. The Hall–Kier alpha value is -1.22. The van der Waals surface area contributed by atoms with Crippen LogP contribution < -0.4 is 11.3 Å². The number of hydrazine groups is 1. The predicted octanol–water partition coefficient (Wildman–Crippen LogP) is 0.803. The molecule has 2 rings (SSSR count). The number of rotatable bonds is 8. The molecule has 0 bridgehead atoms. The monoisotopic (exact) mass is 314 g/mol. The van der Waals surface area contributed by atoms with Crippen LogP contribution in [0.15, 0.2) is 23.4 Å². The van der Waals surface area contributed by atoms with Crippen molar-refractivity contribution in [1.82, 2.24) is 9.29 Å². The lowest BCUT2D eigenvalue weighted by Gasteiger charge is -2.28. The van der Waals surface area contributed by atoms with Gasteiger partial charge in [-0.2, -0.15) is 4.31 Å². The summed E-state index contributed by atoms with van der Waals surface area (Å²) < 4.78 is 32.4. The summed E-state index contributed by atoms with van der Waals surface area (Å²) in [5.41, 5.74) is 2.76. The molecule has 1 heterocycles. The minimum atomic E-state index is -3.67. The number of nitrogens with one attached hydrogen (secondary N) is 1. The van der Waals surface area contributed by atoms with Crippen molar-refractivity contribution in [3.8, 4) is 0 Å². The number of anilines is 1. The minimum Gasteiger partial charge on any atom is -0.383 e. The summed E-state index contributed by atoms with van der Waals surface area (Å²) in [6.07, 6.45) is 4.95. The summed E-state index contributed by atoms with van der Waals surface area (Å²) in [7, 11) is -2.11. The van der Waals surface area contributed by atoms with Gasteiger partial charge in [-0.15, -0.1) is 0 Å². The summed E-state index contributed by atoms with van der Waals surface area (Å²) in [6, 6.07) is 1.49. The van der Waals surface area contributed by atoms with Crippen LogP contribution in [-0.4, -0.2) is 44.0 Å². The van der Waals surface area contributed by atoms with E-state index in [0.29, 0.717) is 24.8 Å². The molecule has 3 N–H and O–H groups in total. The van der Waals surface area contributed by atoms with E-state index in [1.165, 1.54) is 16.7 Å². The van der Waals surface area contributed by atoms with Crippen LogP contribution in [0.1, 0.15) is 19.8 Å². The number of pyridine rings is 1. The van der Waals surface area contributed by atoms with Crippen LogP contribution in [0.2, 0.25) is 0 Å². The van der Waals surface area contributed by atoms with E-state index in [4.69, 9.17) is 10.6 Å². The van der Waals surface area contributed by atoms with Crippen LogP contribution in [0.3, 0.4) is 0 Å². The molecule has 8 heteroatoms. The molecule has 1 unspecified atom stereocenters. The second kappa shape index (κ2) is 6.69. The fourth-order valence-electron chi connectivity index (χ4n) is 2.37. The quantitative estimate of drug-likeness (QED) is 0.544. The first-order chi connectivity index (χ1) is 10.0. The van der Waals surface area contributed by atoms with Gasteiger partial charge in [0, 0.05) is 32.1 Å². The SMILES string of the molecule is COCCN(C(C)C1CC1)S(=O)(=O)c1cnccc1NN. The molecule has 7 nitrogen and oxygen atoms in total. The van der Waals surface area contributed by atoms with Gasteiger partial charge in [-0.1, -0.05) is 0 Å². The summed E-state index contributed by atoms with van der Waals surface area (Å²) in [5.74, 6) is 5.83. The lowest BCUT2D eigenvalue weighted by molar-refractivity contribution is 0.164. The third-order valence-corrected chi connectivity index (χ3v) is 5.81. The van der Waals surface area contributed by atoms with Gasteiger partial charge in [0.2, 0.25) is 10.0 Å². The summed E-state index contributed by atoms with van der Waals surface area (Å²) >= 11 is 0. The Morgan fingerprint density at radius 2 is 2.29 bits per heavy atom. The van der Waals surface area contributed by atoms with Crippen LogP contribution in [0.25, 0.3) is 0 Å². The van der Waals surface area contributed by atoms with Gasteiger partial charge in [0.1, 0.15) is 4.90 Å². The average molecular weight is 314 g/mol. The zero-order valence-corrected chi connectivity index (χ0v) is 13.1. The van der Waals surface area contributed by atoms with E-state index in [9.17, 15) is 8.42 Å². The van der Waals surface area contributed by atoms with E-state index >= 15 is 0 Å². The highest BCUT2D eigenvalue weighted by Gasteiger charge is 2.38. The number of hydrogen-bond acceptors (Lipinski definition) is 6. The normalized spacial score (nSPS) is 17.0. The number of nitrogens with two attached hydrogens (primary N) is 1. The summed E-state index contributed by atoms with van der Waals surface area (Å²) in [4.78, 5) is 4.00. The van der Waals surface area contributed by atoms with Crippen LogP contribution in [0.4, 0.5) is 5.69 Å². The van der Waals surface area contributed by atoms with E-state index in [1.807, 2.05) is 6.92 Å². The zero-order chi connectivity index (χ0) is 15.5. The number of nitrogen functional groups attached to an aromatic ring is 1. The van der Waals surface area contributed by atoms with Crippen molar-refractivity contribution >= 4 is 15.7 Å². The Bertz CT molecular complexity index is 575. The van der Waals surface area contributed by atoms with Crippen LogP contribution >= 0.6 is 0 Å². The highest BCUT2D eigenvalue weighted by molar-refractivity contribution is 7.89. The van der Waals surface area contributed by atoms with E-state index in [2.05, 4.69) is 10.4 Å².